The zero-order valence-corrected chi connectivity index (χ0v) is 19.1. The smallest absolute Gasteiger partial charge is 0.240 e. The first-order valence-corrected chi connectivity index (χ1v) is 11.8. The molecule has 8 heteroatoms. The lowest BCUT2D eigenvalue weighted by molar-refractivity contribution is -0.128. The Kier molecular flexibility index (Phi) is 5.04. The van der Waals surface area contributed by atoms with Gasteiger partial charge in [0.2, 0.25) is 11.8 Å². The highest BCUT2D eigenvalue weighted by Crippen LogP contribution is 2.57. The number of carbonyl (C=O) groups is 2. The van der Waals surface area contributed by atoms with Crippen LogP contribution in [0.1, 0.15) is 24.0 Å². The number of nitriles is 2. The fourth-order valence-electron chi connectivity index (χ4n) is 6.05. The van der Waals surface area contributed by atoms with E-state index in [9.17, 15) is 20.0 Å². The quantitative estimate of drug-likeness (QED) is 0.558. The van der Waals surface area contributed by atoms with E-state index < -0.39 is 35.6 Å². The highest BCUT2D eigenvalue weighted by molar-refractivity contribution is 6.26. The van der Waals surface area contributed by atoms with Crippen molar-refractivity contribution in [3.63, 3.8) is 0 Å². The van der Waals surface area contributed by atoms with Crippen LogP contribution in [0.2, 0.25) is 0 Å². The van der Waals surface area contributed by atoms with Crippen LogP contribution in [-0.2, 0) is 14.3 Å². The van der Waals surface area contributed by atoms with E-state index >= 15 is 0 Å². The van der Waals surface area contributed by atoms with E-state index in [1.807, 2.05) is 6.07 Å². The number of amides is 2. The van der Waals surface area contributed by atoms with Crippen LogP contribution in [-0.4, -0.2) is 41.3 Å². The largest absolute Gasteiger partial charge is 0.493 e. The van der Waals surface area contributed by atoms with Gasteiger partial charge in [0.1, 0.15) is 5.75 Å². The highest BCUT2D eigenvalue weighted by atomic mass is 16.5. The number of imide groups is 1. The van der Waals surface area contributed by atoms with Crippen molar-refractivity contribution in [3.05, 3.63) is 71.8 Å². The number of hydrogen-bond acceptors (Lipinski definition) is 7. The maximum Gasteiger partial charge on any atom is 0.240 e. The molecule has 0 radical (unpaired) electrons. The second-order valence-electron chi connectivity index (χ2n) is 9.46. The van der Waals surface area contributed by atoms with E-state index in [-0.39, 0.29) is 18.9 Å². The van der Waals surface area contributed by atoms with Crippen molar-refractivity contribution in [2.75, 3.05) is 11.5 Å². The molecular weight excluding hydrogens is 458 g/mol. The molecular formula is C28H21N3O5. The summed E-state index contributed by atoms with van der Waals surface area (Å²) in [6.45, 7) is 0.218. The van der Waals surface area contributed by atoms with Crippen molar-refractivity contribution in [3.8, 4) is 17.9 Å². The molecule has 0 aromatic heterocycles. The summed E-state index contributed by atoms with van der Waals surface area (Å²) < 4.78 is 12.0. The number of anilines is 1. The minimum atomic E-state index is -1.01. The fraction of sp³-hybridized carbons (Fsp3) is 0.286. The molecule has 3 heterocycles. The van der Waals surface area contributed by atoms with E-state index in [2.05, 4.69) is 12.1 Å². The summed E-state index contributed by atoms with van der Waals surface area (Å²) >= 11 is 0. The predicted molar refractivity (Wildman–Crippen MR) is 128 cm³/mol. The van der Waals surface area contributed by atoms with E-state index in [0.29, 0.717) is 39.8 Å². The molecule has 0 aliphatic carbocycles. The zero-order valence-electron chi connectivity index (χ0n) is 19.1. The van der Waals surface area contributed by atoms with Gasteiger partial charge >= 0.3 is 0 Å². The third-order valence-electron chi connectivity index (χ3n) is 7.62. The molecule has 3 fully saturated rings. The number of carbonyl (C=O) groups excluding carboxylic acids is 2. The minimum Gasteiger partial charge on any atom is -0.493 e. The normalized spacial score (nSPS) is 28.2. The topological polar surface area (TPSA) is 124 Å². The van der Waals surface area contributed by atoms with Crippen LogP contribution in [0.3, 0.4) is 0 Å². The van der Waals surface area contributed by atoms with Crippen molar-refractivity contribution in [2.24, 2.45) is 11.8 Å². The molecule has 5 atom stereocenters. The molecule has 2 bridgehead atoms. The molecule has 3 aromatic rings. The first-order valence-electron chi connectivity index (χ1n) is 11.8. The van der Waals surface area contributed by atoms with Gasteiger partial charge in [-0.1, -0.05) is 24.3 Å². The van der Waals surface area contributed by atoms with Gasteiger partial charge in [0, 0.05) is 23.6 Å². The van der Waals surface area contributed by atoms with Crippen LogP contribution in [0, 0.1) is 34.5 Å². The summed E-state index contributed by atoms with van der Waals surface area (Å²) in [5.74, 6) is -1.66. The minimum absolute atomic E-state index is 0.218. The molecule has 36 heavy (non-hydrogen) atoms. The Morgan fingerprint density at radius 2 is 1.75 bits per heavy atom. The summed E-state index contributed by atoms with van der Waals surface area (Å²) in [5, 5.41) is 30.4. The number of nitrogens with zero attached hydrogens (tertiary/aromatic N) is 3. The van der Waals surface area contributed by atoms with Crippen molar-refractivity contribution in [1.82, 2.24) is 0 Å². The monoisotopic (exact) mass is 479 g/mol. The van der Waals surface area contributed by atoms with E-state index in [1.165, 1.54) is 4.90 Å². The van der Waals surface area contributed by atoms with Gasteiger partial charge in [-0.25, -0.2) is 4.90 Å². The molecule has 178 valence electrons. The number of rotatable bonds is 5. The number of aliphatic hydroxyl groups excluding tert-OH is 1. The molecule has 3 aliphatic heterocycles. The maximum absolute atomic E-state index is 13.8. The molecule has 0 spiro atoms. The highest BCUT2D eigenvalue weighted by Gasteiger charge is 2.72. The molecule has 3 saturated heterocycles. The average Bonchev–Trinajstić information content (AvgIpc) is 3.50. The Labute approximate surface area is 206 Å². The molecule has 3 aromatic carbocycles. The third-order valence-corrected chi connectivity index (χ3v) is 7.62. The molecule has 3 aliphatic rings. The van der Waals surface area contributed by atoms with Crippen molar-refractivity contribution in [1.29, 1.82) is 10.5 Å². The molecule has 5 unspecified atom stereocenters. The number of fused-ring (bicyclic) bond motifs is 6. The van der Waals surface area contributed by atoms with E-state index in [0.717, 1.165) is 0 Å². The van der Waals surface area contributed by atoms with Gasteiger partial charge in [-0.3, -0.25) is 9.59 Å². The number of ether oxygens (including phenoxy) is 2. The maximum atomic E-state index is 13.8. The number of hydrogen-bond donors (Lipinski definition) is 1. The first kappa shape index (κ1) is 22.2. The standard InChI is InChI=1S/C28H21N3O5/c29-14-16-5-8-18(9-6-16)35-12-11-28-13-22(32)25(36-28)23-24(28)27(34)31(26(23)33)21-10-7-17(15-30)19-3-1-2-4-20(19)21/h1-10,22-25,32H,11-13H2. The molecule has 2 amide bonds. The fourth-order valence-corrected chi connectivity index (χ4v) is 6.05. The summed E-state index contributed by atoms with van der Waals surface area (Å²) in [5.41, 5.74) is 0.413. The van der Waals surface area contributed by atoms with Gasteiger partial charge in [-0.15, -0.1) is 0 Å². The lowest BCUT2D eigenvalue weighted by atomic mass is 9.70. The Morgan fingerprint density at radius 3 is 2.47 bits per heavy atom. The summed E-state index contributed by atoms with van der Waals surface area (Å²) in [7, 11) is 0. The second kappa shape index (κ2) is 8.17. The molecule has 8 nitrogen and oxygen atoms in total. The summed E-state index contributed by atoms with van der Waals surface area (Å²) in [4.78, 5) is 28.6. The third kappa shape index (κ3) is 3.12. The Morgan fingerprint density at radius 1 is 1.00 bits per heavy atom. The Balaban J connectivity index is 1.31. The summed E-state index contributed by atoms with van der Waals surface area (Å²) in [6, 6.07) is 21.4. The zero-order chi connectivity index (χ0) is 25.0. The SMILES string of the molecule is N#Cc1ccc(OCCC23CC(O)C(O2)C2C(=O)N(c4ccc(C#N)c5ccccc45)C(=O)C23)cc1. The van der Waals surface area contributed by atoms with Gasteiger partial charge in [-0.05, 0) is 36.4 Å². The van der Waals surface area contributed by atoms with Crippen LogP contribution in [0.15, 0.2) is 60.7 Å². The van der Waals surface area contributed by atoms with Crippen LogP contribution >= 0.6 is 0 Å². The van der Waals surface area contributed by atoms with Crippen molar-refractivity contribution >= 4 is 28.3 Å². The summed E-state index contributed by atoms with van der Waals surface area (Å²) in [6.07, 6.45) is -1.04. The predicted octanol–water partition coefficient (Wildman–Crippen LogP) is 3.06. The van der Waals surface area contributed by atoms with Crippen LogP contribution in [0.25, 0.3) is 10.8 Å². The average molecular weight is 479 g/mol. The number of benzene rings is 3. The van der Waals surface area contributed by atoms with Crippen molar-refractivity contribution < 1.29 is 24.2 Å². The van der Waals surface area contributed by atoms with E-state index in [4.69, 9.17) is 14.7 Å². The molecule has 1 N–H and O–H groups in total. The van der Waals surface area contributed by atoms with Gasteiger partial charge in [0.15, 0.2) is 0 Å². The number of aliphatic hydroxyl groups is 1. The Hall–Kier alpha value is -4.24. The van der Waals surface area contributed by atoms with Crippen LogP contribution < -0.4 is 9.64 Å². The van der Waals surface area contributed by atoms with Crippen LogP contribution in [0.5, 0.6) is 5.75 Å². The lowest BCUT2D eigenvalue weighted by Gasteiger charge is -2.32. The van der Waals surface area contributed by atoms with Gasteiger partial charge in [-0.2, -0.15) is 10.5 Å². The molecule has 6 rings (SSSR count). The van der Waals surface area contributed by atoms with Gasteiger partial charge in [0.25, 0.3) is 0 Å². The lowest BCUT2D eigenvalue weighted by Crippen LogP contribution is -2.45. The second-order valence-corrected chi connectivity index (χ2v) is 9.46. The van der Waals surface area contributed by atoms with Gasteiger partial charge in [0.05, 0.1) is 65.2 Å². The van der Waals surface area contributed by atoms with Gasteiger partial charge < -0.3 is 14.6 Å². The first-order chi connectivity index (χ1) is 17.5. The van der Waals surface area contributed by atoms with E-state index in [1.54, 1.807) is 54.6 Å². The molecule has 0 saturated carbocycles. The van der Waals surface area contributed by atoms with Crippen molar-refractivity contribution in [2.45, 2.75) is 30.7 Å². The Bertz CT molecular complexity index is 1490. The van der Waals surface area contributed by atoms with Crippen LogP contribution in [0.4, 0.5) is 5.69 Å².